The summed E-state index contributed by atoms with van der Waals surface area (Å²) in [6, 6.07) is -0.551. The quantitative estimate of drug-likeness (QED) is 0.566. The van der Waals surface area contributed by atoms with Gasteiger partial charge in [0.15, 0.2) is 0 Å². The minimum atomic E-state index is -0.934. The summed E-state index contributed by atoms with van der Waals surface area (Å²) in [5, 5.41) is 8.65. The molecule has 5 heteroatoms. The van der Waals surface area contributed by atoms with Gasteiger partial charge < -0.3 is 5.11 Å². The van der Waals surface area contributed by atoms with E-state index in [0.29, 0.717) is 12.3 Å². The standard InChI is InChI=1S/C6H11NO3S/c1-7-2-3-11(10)4-5(7)6(8)9/h5H,2-4H2,1H3,(H,8,9). The molecule has 0 saturated carbocycles. The highest BCUT2D eigenvalue weighted by Crippen LogP contribution is 2.06. The number of likely N-dealkylation sites (N-methyl/N-ethyl adjacent to an activating group) is 1. The van der Waals surface area contributed by atoms with Crippen LogP contribution in [0, 0.1) is 0 Å². The van der Waals surface area contributed by atoms with Gasteiger partial charge in [-0.2, -0.15) is 0 Å². The monoisotopic (exact) mass is 177 g/mol. The SMILES string of the molecule is CN1CCS(=O)CC1C(=O)O. The average molecular weight is 177 g/mol. The molecule has 2 unspecified atom stereocenters. The molecule has 64 valence electrons. The van der Waals surface area contributed by atoms with E-state index < -0.39 is 22.8 Å². The molecule has 11 heavy (non-hydrogen) atoms. The van der Waals surface area contributed by atoms with E-state index in [0.717, 1.165) is 0 Å². The van der Waals surface area contributed by atoms with Gasteiger partial charge in [0, 0.05) is 28.9 Å². The summed E-state index contributed by atoms with van der Waals surface area (Å²) in [6.45, 7) is 0.615. The van der Waals surface area contributed by atoms with Gasteiger partial charge in [0.25, 0.3) is 0 Å². The lowest BCUT2D eigenvalue weighted by molar-refractivity contribution is -0.141. The molecule has 0 radical (unpaired) electrons. The van der Waals surface area contributed by atoms with Gasteiger partial charge in [-0.3, -0.25) is 13.9 Å². The number of hydrogen-bond acceptors (Lipinski definition) is 3. The zero-order chi connectivity index (χ0) is 8.43. The number of hydrogen-bond donors (Lipinski definition) is 1. The van der Waals surface area contributed by atoms with Gasteiger partial charge in [0.05, 0.1) is 0 Å². The topological polar surface area (TPSA) is 57.6 Å². The zero-order valence-corrected chi connectivity index (χ0v) is 7.13. The Bertz CT molecular complexity index is 194. The molecular formula is C6H11NO3S. The van der Waals surface area contributed by atoms with Crippen LogP contribution in [0.3, 0.4) is 0 Å². The van der Waals surface area contributed by atoms with Crippen LogP contribution in [0.15, 0.2) is 0 Å². The Hall–Kier alpha value is -0.420. The Kier molecular flexibility index (Phi) is 2.62. The van der Waals surface area contributed by atoms with Crippen LogP contribution in [-0.2, 0) is 15.6 Å². The molecule has 4 nitrogen and oxygen atoms in total. The van der Waals surface area contributed by atoms with Crippen molar-refractivity contribution >= 4 is 16.8 Å². The third-order valence-electron chi connectivity index (χ3n) is 1.83. The van der Waals surface area contributed by atoms with Crippen molar-refractivity contribution in [3.8, 4) is 0 Å². The minimum Gasteiger partial charge on any atom is -0.480 e. The number of carboxylic acids is 1. The predicted octanol–water partition coefficient (Wildman–Crippen LogP) is -0.866. The molecule has 0 aromatic rings. The number of carboxylic acid groups (broad SMARTS) is 1. The fraction of sp³-hybridized carbons (Fsp3) is 0.833. The largest absolute Gasteiger partial charge is 0.480 e. The summed E-state index contributed by atoms with van der Waals surface area (Å²) in [4.78, 5) is 12.3. The third kappa shape index (κ3) is 2.00. The van der Waals surface area contributed by atoms with Crippen molar-refractivity contribution in [3.05, 3.63) is 0 Å². The Morgan fingerprint density at radius 2 is 2.36 bits per heavy atom. The fourth-order valence-electron chi connectivity index (χ4n) is 1.05. The van der Waals surface area contributed by atoms with E-state index in [1.165, 1.54) is 0 Å². The molecule has 2 atom stereocenters. The lowest BCUT2D eigenvalue weighted by Crippen LogP contribution is -2.48. The van der Waals surface area contributed by atoms with Gasteiger partial charge in [-0.1, -0.05) is 0 Å². The van der Waals surface area contributed by atoms with Crippen LogP contribution in [-0.4, -0.2) is 51.3 Å². The second-order valence-corrected chi connectivity index (χ2v) is 4.27. The predicted molar refractivity (Wildman–Crippen MR) is 41.9 cm³/mol. The van der Waals surface area contributed by atoms with Crippen molar-refractivity contribution in [2.45, 2.75) is 6.04 Å². The van der Waals surface area contributed by atoms with Gasteiger partial charge >= 0.3 is 5.97 Å². The van der Waals surface area contributed by atoms with Crippen molar-refractivity contribution in [3.63, 3.8) is 0 Å². The lowest BCUT2D eigenvalue weighted by Gasteiger charge is -2.28. The maximum absolute atomic E-state index is 10.9. The van der Waals surface area contributed by atoms with Gasteiger partial charge in [-0.25, -0.2) is 0 Å². The molecule has 0 aliphatic carbocycles. The number of rotatable bonds is 1. The molecule has 0 bridgehead atoms. The Balaban J connectivity index is 2.61. The molecule has 0 amide bonds. The summed E-state index contributed by atoms with van der Waals surface area (Å²) >= 11 is 0. The van der Waals surface area contributed by atoms with Crippen molar-refractivity contribution in [2.75, 3.05) is 25.1 Å². The Morgan fingerprint density at radius 1 is 1.73 bits per heavy atom. The zero-order valence-electron chi connectivity index (χ0n) is 6.32. The van der Waals surface area contributed by atoms with Crippen LogP contribution < -0.4 is 0 Å². The Labute approximate surface area is 67.6 Å². The van der Waals surface area contributed by atoms with Gasteiger partial charge in [-0.15, -0.1) is 0 Å². The number of carbonyl (C=O) groups is 1. The highest BCUT2D eigenvalue weighted by Gasteiger charge is 2.28. The number of aliphatic carboxylic acids is 1. The second-order valence-electron chi connectivity index (χ2n) is 2.65. The first-order valence-electron chi connectivity index (χ1n) is 3.39. The van der Waals surface area contributed by atoms with E-state index in [1.54, 1.807) is 11.9 Å². The van der Waals surface area contributed by atoms with Crippen LogP contribution in [0.25, 0.3) is 0 Å². The Morgan fingerprint density at radius 3 is 2.82 bits per heavy atom. The van der Waals surface area contributed by atoms with E-state index in [4.69, 9.17) is 5.11 Å². The molecule has 1 fully saturated rings. The van der Waals surface area contributed by atoms with Crippen LogP contribution in [0.2, 0.25) is 0 Å². The van der Waals surface area contributed by atoms with Crippen molar-refractivity contribution in [1.29, 1.82) is 0 Å². The van der Waals surface area contributed by atoms with Gasteiger partial charge in [-0.05, 0) is 7.05 Å². The normalized spacial score (nSPS) is 33.5. The summed E-state index contributed by atoms with van der Waals surface area (Å²) in [5.41, 5.74) is 0. The van der Waals surface area contributed by atoms with Crippen molar-refractivity contribution in [1.82, 2.24) is 4.90 Å². The summed E-state index contributed by atoms with van der Waals surface area (Å²) in [5.74, 6) is -0.00731. The maximum Gasteiger partial charge on any atom is 0.321 e. The van der Waals surface area contributed by atoms with Crippen molar-refractivity contribution < 1.29 is 14.1 Å². The van der Waals surface area contributed by atoms with Gasteiger partial charge in [0.2, 0.25) is 0 Å². The van der Waals surface area contributed by atoms with E-state index in [1.807, 2.05) is 0 Å². The molecule has 1 heterocycles. The third-order valence-corrected chi connectivity index (χ3v) is 3.16. The van der Waals surface area contributed by atoms with Crippen LogP contribution in [0.1, 0.15) is 0 Å². The fourth-order valence-corrected chi connectivity index (χ4v) is 2.46. The molecule has 1 N–H and O–H groups in total. The molecule has 1 aliphatic rings. The first-order chi connectivity index (χ1) is 5.11. The highest BCUT2D eigenvalue weighted by molar-refractivity contribution is 7.85. The second kappa shape index (κ2) is 3.32. The smallest absolute Gasteiger partial charge is 0.321 e. The molecule has 0 spiro atoms. The first-order valence-corrected chi connectivity index (χ1v) is 4.88. The van der Waals surface area contributed by atoms with E-state index in [-0.39, 0.29) is 5.75 Å². The van der Waals surface area contributed by atoms with E-state index in [2.05, 4.69) is 0 Å². The van der Waals surface area contributed by atoms with E-state index >= 15 is 0 Å². The summed E-state index contributed by atoms with van der Waals surface area (Å²) in [7, 11) is 0.811. The highest BCUT2D eigenvalue weighted by atomic mass is 32.2. The van der Waals surface area contributed by atoms with Crippen LogP contribution >= 0.6 is 0 Å². The summed E-state index contributed by atoms with van der Waals surface area (Å²) in [6.07, 6.45) is 0. The van der Waals surface area contributed by atoms with Crippen LogP contribution in [0.4, 0.5) is 0 Å². The summed E-state index contributed by atoms with van der Waals surface area (Å²) < 4.78 is 10.9. The molecular weight excluding hydrogens is 166 g/mol. The minimum absolute atomic E-state index is 0.270. The average Bonchev–Trinajstić information content (AvgIpc) is 1.94. The molecule has 1 saturated heterocycles. The van der Waals surface area contributed by atoms with Gasteiger partial charge in [0.1, 0.15) is 6.04 Å². The van der Waals surface area contributed by atoms with Crippen LogP contribution in [0.5, 0.6) is 0 Å². The van der Waals surface area contributed by atoms with E-state index in [9.17, 15) is 9.00 Å². The first kappa shape index (κ1) is 8.67. The van der Waals surface area contributed by atoms with Crippen molar-refractivity contribution in [2.24, 2.45) is 0 Å². The maximum atomic E-state index is 10.9. The lowest BCUT2D eigenvalue weighted by atomic mass is 10.3. The molecule has 0 aromatic heterocycles. The molecule has 0 aromatic carbocycles. The molecule has 1 aliphatic heterocycles. The molecule has 1 rings (SSSR count). The number of nitrogens with zero attached hydrogens (tertiary/aromatic N) is 1.